The Morgan fingerprint density at radius 1 is 1.33 bits per heavy atom. The number of allylic oxidation sites excluding steroid dienone is 1. The average Bonchev–Trinajstić information content (AvgIpc) is 2.40. The van der Waals surface area contributed by atoms with Crippen LogP contribution in [0.15, 0.2) is 42.0 Å². The Morgan fingerprint density at radius 2 is 2.06 bits per heavy atom. The van der Waals surface area contributed by atoms with Crippen LogP contribution in [0.25, 0.3) is 6.08 Å². The molecule has 0 amide bonds. The van der Waals surface area contributed by atoms with E-state index in [-0.39, 0.29) is 5.97 Å². The second-order valence-corrected chi connectivity index (χ2v) is 3.54. The van der Waals surface area contributed by atoms with E-state index in [0.29, 0.717) is 12.2 Å². The third kappa shape index (κ3) is 3.77. The largest absolute Gasteiger partial charge is 0.496 e. The van der Waals surface area contributed by atoms with E-state index in [1.54, 1.807) is 33.1 Å². The van der Waals surface area contributed by atoms with Crippen molar-refractivity contribution in [1.82, 2.24) is 0 Å². The van der Waals surface area contributed by atoms with Crippen molar-refractivity contribution in [3.8, 4) is 5.75 Å². The van der Waals surface area contributed by atoms with Gasteiger partial charge >= 0.3 is 5.97 Å². The van der Waals surface area contributed by atoms with Crippen LogP contribution in [0.1, 0.15) is 19.4 Å². The van der Waals surface area contributed by atoms with E-state index in [1.165, 1.54) is 0 Å². The highest BCUT2D eigenvalue weighted by atomic mass is 16.5. The first-order valence-electron chi connectivity index (χ1n) is 5.87. The molecule has 0 aliphatic rings. The lowest BCUT2D eigenvalue weighted by Gasteiger charge is -2.04. The summed E-state index contributed by atoms with van der Waals surface area (Å²) in [6.45, 7) is 3.96. The maximum absolute atomic E-state index is 11.6. The Morgan fingerprint density at radius 3 is 2.67 bits per heavy atom. The molecule has 0 aliphatic carbocycles. The minimum Gasteiger partial charge on any atom is -0.496 e. The number of benzene rings is 1. The maximum atomic E-state index is 11.6. The van der Waals surface area contributed by atoms with Crippen LogP contribution in [-0.4, -0.2) is 19.7 Å². The van der Waals surface area contributed by atoms with E-state index < -0.39 is 0 Å². The van der Waals surface area contributed by atoms with Crippen LogP contribution >= 0.6 is 0 Å². The summed E-state index contributed by atoms with van der Waals surface area (Å²) in [5.74, 6) is 0.458. The molecule has 0 saturated carbocycles. The summed E-state index contributed by atoms with van der Waals surface area (Å²) in [5.41, 5.74) is 1.45. The second-order valence-electron chi connectivity index (χ2n) is 3.54. The molecule has 0 atom stereocenters. The molecule has 0 spiro atoms. The van der Waals surface area contributed by atoms with E-state index in [0.717, 1.165) is 11.3 Å². The van der Waals surface area contributed by atoms with E-state index in [1.807, 2.05) is 30.3 Å². The van der Waals surface area contributed by atoms with Crippen molar-refractivity contribution in [2.75, 3.05) is 13.7 Å². The first kappa shape index (κ1) is 14.0. The fraction of sp³-hybridized carbons (Fsp3) is 0.267. The zero-order valence-electron chi connectivity index (χ0n) is 11.0. The van der Waals surface area contributed by atoms with Gasteiger partial charge in [-0.2, -0.15) is 0 Å². The Hall–Kier alpha value is -2.03. The third-order valence-electron chi connectivity index (χ3n) is 2.40. The van der Waals surface area contributed by atoms with Crippen LogP contribution in [0.3, 0.4) is 0 Å². The number of rotatable bonds is 5. The summed E-state index contributed by atoms with van der Waals surface area (Å²) in [7, 11) is 1.62. The molecule has 0 heterocycles. The molecular formula is C15H18O3. The van der Waals surface area contributed by atoms with Gasteiger partial charge in [-0.25, -0.2) is 4.79 Å². The highest BCUT2D eigenvalue weighted by molar-refractivity contribution is 5.92. The maximum Gasteiger partial charge on any atom is 0.337 e. The molecule has 0 saturated heterocycles. The first-order valence-corrected chi connectivity index (χ1v) is 5.87. The molecule has 0 fully saturated rings. The summed E-state index contributed by atoms with van der Waals surface area (Å²) in [4.78, 5) is 11.6. The summed E-state index contributed by atoms with van der Waals surface area (Å²) in [6, 6.07) is 7.62. The van der Waals surface area contributed by atoms with E-state index >= 15 is 0 Å². The molecule has 0 aliphatic heterocycles. The Labute approximate surface area is 108 Å². The van der Waals surface area contributed by atoms with Crippen molar-refractivity contribution in [2.24, 2.45) is 0 Å². The standard InChI is InChI=1S/C15H18O3/c1-4-12(15(16)18-5-2)10-11-13-8-6-7-9-14(13)17-3/h4,6-11H,5H2,1-3H3/b11-10+,12-4+. The lowest BCUT2D eigenvalue weighted by Crippen LogP contribution is -2.05. The Bertz CT molecular complexity index is 459. The summed E-state index contributed by atoms with van der Waals surface area (Å²) in [5, 5.41) is 0. The lowest BCUT2D eigenvalue weighted by atomic mass is 10.1. The van der Waals surface area contributed by atoms with E-state index in [4.69, 9.17) is 9.47 Å². The smallest absolute Gasteiger partial charge is 0.337 e. The van der Waals surface area contributed by atoms with Crippen molar-refractivity contribution < 1.29 is 14.3 Å². The van der Waals surface area contributed by atoms with E-state index in [2.05, 4.69) is 0 Å². The topological polar surface area (TPSA) is 35.5 Å². The molecular weight excluding hydrogens is 228 g/mol. The van der Waals surface area contributed by atoms with Gasteiger partial charge in [0.15, 0.2) is 0 Å². The van der Waals surface area contributed by atoms with Gasteiger partial charge in [-0.1, -0.05) is 30.4 Å². The van der Waals surface area contributed by atoms with Crippen molar-refractivity contribution in [2.45, 2.75) is 13.8 Å². The second kappa shape index (κ2) is 7.33. The molecule has 1 rings (SSSR count). The van der Waals surface area contributed by atoms with Gasteiger partial charge in [0.1, 0.15) is 5.75 Å². The van der Waals surface area contributed by atoms with Crippen LogP contribution in [0.4, 0.5) is 0 Å². The number of carbonyl (C=O) groups excluding carboxylic acids is 1. The minimum atomic E-state index is -0.314. The minimum absolute atomic E-state index is 0.314. The summed E-state index contributed by atoms with van der Waals surface area (Å²) < 4.78 is 10.2. The number of methoxy groups -OCH3 is 1. The predicted octanol–water partition coefficient (Wildman–Crippen LogP) is 3.22. The van der Waals surface area contributed by atoms with Crippen LogP contribution < -0.4 is 4.74 Å². The Balaban J connectivity index is 2.88. The van der Waals surface area contributed by atoms with Crippen LogP contribution in [0.5, 0.6) is 5.75 Å². The number of ether oxygens (including phenoxy) is 2. The van der Waals surface area contributed by atoms with Gasteiger partial charge in [0, 0.05) is 5.56 Å². The van der Waals surface area contributed by atoms with Gasteiger partial charge in [0.2, 0.25) is 0 Å². The van der Waals surface area contributed by atoms with Gasteiger partial charge in [0.25, 0.3) is 0 Å². The van der Waals surface area contributed by atoms with Crippen LogP contribution in [0.2, 0.25) is 0 Å². The molecule has 1 aromatic carbocycles. The third-order valence-corrected chi connectivity index (χ3v) is 2.40. The molecule has 0 radical (unpaired) electrons. The van der Waals surface area contributed by atoms with Gasteiger partial charge in [-0.15, -0.1) is 0 Å². The SMILES string of the molecule is C/C=C(\C=C\c1ccccc1OC)C(=O)OCC. The van der Waals surface area contributed by atoms with E-state index in [9.17, 15) is 4.79 Å². The van der Waals surface area contributed by atoms with Gasteiger partial charge in [-0.3, -0.25) is 0 Å². The van der Waals surface area contributed by atoms with Crippen LogP contribution in [0, 0.1) is 0 Å². The van der Waals surface area contributed by atoms with Crippen molar-refractivity contribution in [3.63, 3.8) is 0 Å². The number of esters is 1. The zero-order valence-corrected chi connectivity index (χ0v) is 11.0. The number of para-hydroxylation sites is 1. The fourth-order valence-corrected chi connectivity index (χ4v) is 1.48. The summed E-state index contributed by atoms with van der Waals surface area (Å²) in [6.07, 6.45) is 5.30. The molecule has 0 N–H and O–H groups in total. The van der Waals surface area contributed by atoms with Crippen molar-refractivity contribution in [3.05, 3.63) is 47.6 Å². The molecule has 0 aromatic heterocycles. The van der Waals surface area contributed by atoms with Crippen molar-refractivity contribution >= 4 is 12.0 Å². The fourth-order valence-electron chi connectivity index (χ4n) is 1.48. The van der Waals surface area contributed by atoms with Gasteiger partial charge in [0.05, 0.1) is 19.3 Å². The highest BCUT2D eigenvalue weighted by Gasteiger charge is 2.05. The predicted molar refractivity (Wildman–Crippen MR) is 72.4 cm³/mol. The lowest BCUT2D eigenvalue weighted by molar-refractivity contribution is -0.138. The quantitative estimate of drug-likeness (QED) is 0.454. The monoisotopic (exact) mass is 246 g/mol. The number of hydrogen-bond donors (Lipinski definition) is 0. The summed E-state index contributed by atoms with van der Waals surface area (Å²) >= 11 is 0. The molecule has 0 bridgehead atoms. The normalized spacial score (nSPS) is 11.6. The molecule has 1 aromatic rings. The number of hydrogen-bond acceptors (Lipinski definition) is 3. The molecule has 96 valence electrons. The van der Waals surface area contributed by atoms with Crippen LogP contribution in [-0.2, 0) is 9.53 Å². The molecule has 0 unspecified atom stereocenters. The Kier molecular flexibility index (Phi) is 5.71. The first-order chi connectivity index (χ1) is 8.72. The zero-order chi connectivity index (χ0) is 13.4. The molecule has 3 heteroatoms. The highest BCUT2D eigenvalue weighted by Crippen LogP contribution is 2.19. The van der Waals surface area contributed by atoms with Gasteiger partial charge < -0.3 is 9.47 Å². The van der Waals surface area contributed by atoms with Crippen molar-refractivity contribution in [1.29, 1.82) is 0 Å². The average molecular weight is 246 g/mol. The number of carbonyl (C=O) groups is 1. The molecule has 18 heavy (non-hydrogen) atoms. The molecule has 3 nitrogen and oxygen atoms in total. The van der Waals surface area contributed by atoms with Gasteiger partial charge in [-0.05, 0) is 26.0 Å².